The first kappa shape index (κ1) is 16.6. The number of halogens is 3. The standard InChI is InChI=1S/C12H14F3N3O3/c1-2-21-12(20)17-6-5-16-11(19)18-8-4-3-7(13)9(14)10(8)15/h3-4H,2,5-6H2,1H3,(H,17,20)(H2,16,18,19). The smallest absolute Gasteiger partial charge is 0.407 e. The van der Waals surface area contributed by atoms with Crippen molar-refractivity contribution in [1.82, 2.24) is 10.6 Å². The molecular formula is C12H14F3N3O3. The van der Waals surface area contributed by atoms with Crippen LogP contribution in [0.2, 0.25) is 0 Å². The van der Waals surface area contributed by atoms with E-state index in [9.17, 15) is 22.8 Å². The average Bonchev–Trinajstić information content (AvgIpc) is 2.45. The summed E-state index contributed by atoms with van der Waals surface area (Å²) in [7, 11) is 0. The lowest BCUT2D eigenvalue weighted by Crippen LogP contribution is -2.37. The highest BCUT2D eigenvalue weighted by atomic mass is 19.2. The number of hydrogen-bond acceptors (Lipinski definition) is 3. The van der Waals surface area contributed by atoms with Crippen molar-refractivity contribution in [3.8, 4) is 0 Å². The Bertz CT molecular complexity index is 526. The highest BCUT2D eigenvalue weighted by molar-refractivity contribution is 5.89. The Morgan fingerprint density at radius 1 is 1.10 bits per heavy atom. The number of carbonyl (C=O) groups is 2. The molecule has 0 saturated heterocycles. The van der Waals surface area contributed by atoms with Gasteiger partial charge in [0.15, 0.2) is 17.5 Å². The fraction of sp³-hybridized carbons (Fsp3) is 0.333. The molecule has 3 N–H and O–H groups in total. The number of amides is 3. The third-order valence-electron chi connectivity index (χ3n) is 2.24. The van der Waals surface area contributed by atoms with Crippen LogP contribution in [0.15, 0.2) is 12.1 Å². The molecule has 0 spiro atoms. The highest BCUT2D eigenvalue weighted by Crippen LogP contribution is 2.19. The molecule has 21 heavy (non-hydrogen) atoms. The number of urea groups is 1. The Labute approximate surface area is 118 Å². The molecule has 0 atom stereocenters. The van der Waals surface area contributed by atoms with Gasteiger partial charge >= 0.3 is 12.1 Å². The second-order valence-corrected chi connectivity index (χ2v) is 3.75. The number of alkyl carbamates (subject to hydrolysis) is 1. The number of carbonyl (C=O) groups excluding carboxylic acids is 2. The number of hydrogen-bond donors (Lipinski definition) is 3. The van der Waals surface area contributed by atoms with Crippen molar-refractivity contribution in [2.24, 2.45) is 0 Å². The molecule has 9 heteroatoms. The third-order valence-corrected chi connectivity index (χ3v) is 2.24. The first-order valence-electron chi connectivity index (χ1n) is 6.04. The van der Waals surface area contributed by atoms with Gasteiger partial charge in [-0.25, -0.2) is 22.8 Å². The molecule has 0 saturated carbocycles. The van der Waals surface area contributed by atoms with Crippen molar-refractivity contribution >= 4 is 17.8 Å². The van der Waals surface area contributed by atoms with E-state index in [2.05, 4.69) is 15.4 Å². The third kappa shape index (κ3) is 5.21. The zero-order valence-electron chi connectivity index (χ0n) is 11.1. The van der Waals surface area contributed by atoms with Crippen molar-refractivity contribution in [3.63, 3.8) is 0 Å². The molecule has 0 unspecified atom stereocenters. The fourth-order valence-electron chi connectivity index (χ4n) is 1.31. The summed E-state index contributed by atoms with van der Waals surface area (Å²) in [5, 5.41) is 6.65. The van der Waals surface area contributed by atoms with Crippen LogP contribution < -0.4 is 16.0 Å². The van der Waals surface area contributed by atoms with Gasteiger partial charge in [0, 0.05) is 13.1 Å². The molecule has 0 aliphatic heterocycles. The maximum Gasteiger partial charge on any atom is 0.407 e. The van der Waals surface area contributed by atoms with E-state index in [0.29, 0.717) is 6.07 Å². The van der Waals surface area contributed by atoms with E-state index in [0.717, 1.165) is 6.07 Å². The minimum Gasteiger partial charge on any atom is -0.450 e. The van der Waals surface area contributed by atoms with Crippen LogP contribution in [0.25, 0.3) is 0 Å². The minimum absolute atomic E-state index is 0.0376. The van der Waals surface area contributed by atoms with E-state index in [4.69, 9.17) is 0 Å². The fourth-order valence-corrected chi connectivity index (χ4v) is 1.31. The van der Waals surface area contributed by atoms with Gasteiger partial charge < -0.3 is 20.7 Å². The zero-order valence-corrected chi connectivity index (χ0v) is 11.1. The monoisotopic (exact) mass is 305 g/mol. The van der Waals surface area contributed by atoms with Gasteiger partial charge in [0.25, 0.3) is 0 Å². The summed E-state index contributed by atoms with van der Waals surface area (Å²) in [5.74, 6) is -4.51. The van der Waals surface area contributed by atoms with E-state index in [1.54, 1.807) is 6.92 Å². The summed E-state index contributed by atoms with van der Waals surface area (Å²) in [6, 6.07) is 0.756. The number of rotatable bonds is 5. The van der Waals surface area contributed by atoms with Crippen LogP contribution in [0, 0.1) is 17.5 Å². The number of ether oxygens (including phenoxy) is 1. The maximum atomic E-state index is 13.3. The normalized spacial score (nSPS) is 9.90. The minimum atomic E-state index is -1.67. The molecule has 3 amide bonds. The van der Waals surface area contributed by atoms with Crippen LogP contribution in [0.3, 0.4) is 0 Å². The molecule has 0 aromatic heterocycles. The van der Waals surface area contributed by atoms with Gasteiger partial charge in [0.05, 0.1) is 12.3 Å². The summed E-state index contributed by atoms with van der Waals surface area (Å²) in [6.07, 6.45) is -0.633. The molecule has 1 rings (SSSR count). The summed E-state index contributed by atoms with van der Waals surface area (Å²) in [5.41, 5.74) is -0.496. The van der Waals surface area contributed by atoms with Crippen molar-refractivity contribution in [2.75, 3.05) is 25.0 Å². The first-order valence-corrected chi connectivity index (χ1v) is 6.04. The molecule has 6 nitrogen and oxygen atoms in total. The van der Waals surface area contributed by atoms with Crippen LogP contribution in [-0.2, 0) is 4.74 Å². The SMILES string of the molecule is CCOC(=O)NCCNC(=O)Nc1ccc(F)c(F)c1F. The summed E-state index contributed by atoms with van der Waals surface area (Å²) in [6.45, 7) is 1.99. The van der Waals surface area contributed by atoms with Crippen LogP contribution in [0.1, 0.15) is 6.92 Å². The Hall–Kier alpha value is -2.45. The molecule has 0 aliphatic carbocycles. The maximum absolute atomic E-state index is 13.3. The predicted octanol–water partition coefficient (Wildman–Crippen LogP) is 1.97. The van der Waals surface area contributed by atoms with Gasteiger partial charge in [-0.2, -0.15) is 0 Å². The van der Waals surface area contributed by atoms with Crippen molar-refractivity contribution in [1.29, 1.82) is 0 Å². The number of anilines is 1. The number of benzene rings is 1. The van der Waals surface area contributed by atoms with Crippen LogP contribution in [0.4, 0.5) is 28.4 Å². The van der Waals surface area contributed by atoms with Crippen LogP contribution in [-0.4, -0.2) is 31.8 Å². The molecule has 116 valence electrons. The molecule has 1 aromatic carbocycles. The van der Waals surface area contributed by atoms with Crippen LogP contribution in [0.5, 0.6) is 0 Å². The van der Waals surface area contributed by atoms with Gasteiger partial charge in [0.1, 0.15) is 0 Å². The van der Waals surface area contributed by atoms with Gasteiger partial charge in [0.2, 0.25) is 0 Å². The molecule has 0 heterocycles. The molecule has 0 radical (unpaired) electrons. The molecule has 1 aromatic rings. The topological polar surface area (TPSA) is 79.5 Å². The second kappa shape index (κ2) is 7.98. The Morgan fingerprint density at radius 2 is 1.76 bits per heavy atom. The van der Waals surface area contributed by atoms with E-state index >= 15 is 0 Å². The lowest BCUT2D eigenvalue weighted by molar-refractivity contribution is 0.152. The lowest BCUT2D eigenvalue weighted by Gasteiger charge is -2.09. The van der Waals surface area contributed by atoms with E-state index in [1.165, 1.54) is 0 Å². The lowest BCUT2D eigenvalue weighted by atomic mass is 10.3. The molecular weight excluding hydrogens is 291 g/mol. The molecule has 0 bridgehead atoms. The highest BCUT2D eigenvalue weighted by Gasteiger charge is 2.14. The van der Waals surface area contributed by atoms with E-state index < -0.39 is 35.3 Å². The summed E-state index contributed by atoms with van der Waals surface area (Å²) in [4.78, 5) is 22.3. The van der Waals surface area contributed by atoms with Crippen molar-refractivity contribution in [3.05, 3.63) is 29.6 Å². The Balaban J connectivity index is 2.38. The largest absolute Gasteiger partial charge is 0.450 e. The Kier molecular flexibility index (Phi) is 6.31. The average molecular weight is 305 g/mol. The number of nitrogens with one attached hydrogen (secondary N) is 3. The summed E-state index contributed by atoms with van der Waals surface area (Å²) < 4.78 is 43.5. The van der Waals surface area contributed by atoms with Crippen LogP contribution >= 0.6 is 0 Å². The van der Waals surface area contributed by atoms with E-state index in [-0.39, 0.29) is 19.7 Å². The van der Waals surface area contributed by atoms with E-state index in [1.807, 2.05) is 5.32 Å². The molecule has 0 fully saturated rings. The van der Waals surface area contributed by atoms with Crippen molar-refractivity contribution in [2.45, 2.75) is 6.92 Å². The Morgan fingerprint density at radius 3 is 2.43 bits per heavy atom. The van der Waals surface area contributed by atoms with Crippen molar-refractivity contribution < 1.29 is 27.5 Å². The quantitative estimate of drug-likeness (QED) is 0.575. The predicted molar refractivity (Wildman–Crippen MR) is 68.4 cm³/mol. The van der Waals surface area contributed by atoms with Gasteiger partial charge in [-0.15, -0.1) is 0 Å². The second-order valence-electron chi connectivity index (χ2n) is 3.75. The van der Waals surface area contributed by atoms with Gasteiger partial charge in [-0.05, 0) is 19.1 Å². The zero-order chi connectivity index (χ0) is 15.8. The summed E-state index contributed by atoms with van der Waals surface area (Å²) >= 11 is 0. The first-order chi connectivity index (χ1) is 9.95. The molecule has 0 aliphatic rings. The van der Waals surface area contributed by atoms with Gasteiger partial charge in [-0.1, -0.05) is 0 Å². The van der Waals surface area contributed by atoms with Gasteiger partial charge in [-0.3, -0.25) is 0 Å².